The third kappa shape index (κ3) is 4.05. The van der Waals surface area contributed by atoms with Crippen LogP contribution in [-0.4, -0.2) is 22.5 Å². The van der Waals surface area contributed by atoms with E-state index < -0.39 is 5.60 Å². The third-order valence-electron chi connectivity index (χ3n) is 3.27. The Kier molecular flexibility index (Phi) is 4.83. The van der Waals surface area contributed by atoms with E-state index in [4.69, 9.17) is 4.42 Å². The van der Waals surface area contributed by atoms with Gasteiger partial charge in [0.2, 0.25) is 5.91 Å². The molecule has 2 heterocycles. The van der Waals surface area contributed by atoms with Crippen LogP contribution in [0.25, 0.3) is 6.08 Å². The van der Waals surface area contributed by atoms with Gasteiger partial charge in [0, 0.05) is 17.0 Å². The highest BCUT2D eigenvalue weighted by Gasteiger charge is 2.27. The number of aryl methyl sites for hydroxylation is 3. The molecule has 0 aliphatic rings. The van der Waals surface area contributed by atoms with E-state index in [0.717, 1.165) is 16.5 Å². The lowest BCUT2D eigenvalue weighted by molar-refractivity contribution is -0.117. The maximum atomic E-state index is 11.8. The van der Waals surface area contributed by atoms with Gasteiger partial charge in [-0.05, 0) is 39.8 Å². The zero-order chi connectivity index (χ0) is 16.3. The van der Waals surface area contributed by atoms with Gasteiger partial charge < -0.3 is 14.8 Å². The molecule has 2 aromatic rings. The minimum atomic E-state index is -1.18. The van der Waals surface area contributed by atoms with E-state index in [1.807, 2.05) is 19.2 Å². The average molecular weight is 320 g/mol. The largest absolute Gasteiger partial charge is 0.466 e. The minimum absolute atomic E-state index is 0.103. The van der Waals surface area contributed by atoms with Crippen LogP contribution < -0.4 is 5.32 Å². The van der Waals surface area contributed by atoms with Crippen molar-refractivity contribution in [2.24, 2.45) is 0 Å². The number of amides is 1. The van der Waals surface area contributed by atoms with Gasteiger partial charge in [-0.3, -0.25) is 4.79 Å². The van der Waals surface area contributed by atoms with Crippen molar-refractivity contribution >= 4 is 23.3 Å². The molecule has 0 unspecified atom stereocenters. The number of carbonyl (C=O) groups excluding carboxylic acids is 1. The van der Waals surface area contributed by atoms with Gasteiger partial charge in [-0.2, -0.15) is 0 Å². The van der Waals surface area contributed by atoms with Gasteiger partial charge >= 0.3 is 0 Å². The summed E-state index contributed by atoms with van der Waals surface area (Å²) in [6.07, 6.45) is 3.07. The summed E-state index contributed by atoms with van der Waals surface area (Å²) in [5, 5.41) is 16.0. The fourth-order valence-electron chi connectivity index (χ4n) is 2.20. The summed E-state index contributed by atoms with van der Waals surface area (Å²) in [6.45, 7) is 7.28. The SMILES string of the molecule is Cc1cc([C@](C)(O)CNC(=O)/C=C/c2csc(C)n2)c(C)o1. The maximum Gasteiger partial charge on any atom is 0.244 e. The summed E-state index contributed by atoms with van der Waals surface area (Å²) in [6, 6.07) is 1.79. The number of aromatic nitrogens is 1. The molecule has 6 heteroatoms. The van der Waals surface area contributed by atoms with Crippen molar-refractivity contribution in [3.05, 3.63) is 45.3 Å². The molecule has 0 saturated carbocycles. The van der Waals surface area contributed by atoms with E-state index in [2.05, 4.69) is 10.3 Å². The Morgan fingerprint density at radius 2 is 2.23 bits per heavy atom. The Bertz CT molecular complexity index is 698. The minimum Gasteiger partial charge on any atom is -0.466 e. The molecular weight excluding hydrogens is 300 g/mol. The molecule has 2 N–H and O–H groups in total. The molecule has 118 valence electrons. The molecule has 2 aromatic heterocycles. The van der Waals surface area contributed by atoms with Crippen LogP contribution in [0.5, 0.6) is 0 Å². The van der Waals surface area contributed by atoms with Gasteiger partial charge in [0.05, 0.1) is 17.2 Å². The number of thiazole rings is 1. The van der Waals surface area contributed by atoms with E-state index in [1.165, 1.54) is 17.4 Å². The number of furan rings is 1. The van der Waals surface area contributed by atoms with Gasteiger partial charge in [-0.15, -0.1) is 11.3 Å². The predicted molar refractivity (Wildman–Crippen MR) is 86.6 cm³/mol. The highest BCUT2D eigenvalue weighted by Crippen LogP contribution is 2.26. The summed E-state index contributed by atoms with van der Waals surface area (Å²) in [4.78, 5) is 16.1. The summed E-state index contributed by atoms with van der Waals surface area (Å²) in [5.74, 6) is 1.12. The molecule has 0 saturated heterocycles. The van der Waals surface area contributed by atoms with Gasteiger partial charge in [0.25, 0.3) is 0 Å². The molecule has 0 spiro atoms. The normalized spacial score (nSPS) is 14.2. The van der Waals surface area contributed by atoms with E-state index in [-0.39, 0.29) is 12.5 Å². The molecule has 0 aromatic carbocycles. The molecule has 1 atom stereocenters. The molecule has 0 aliphatic heterocycles. The second-order valence-electron chi connectivity index (χ2n) is 5.44. The van der Waals surface area contributed by atoms with Crippen LogP contribution in [0.4, 0.5) is 0 Å². The fourth-order valence-corrected chi connectivity index (χ4v) is 2.78. The predicted octanol–water partition coefficient (Wildman–Crippen LogP) is 2.70. The quantitative estimate of drug-likeness (QED) is 0.831. The summed E-state index contributed by atoms with van der Waals surface area (Å²) in [7, 11) is 0. The van der Waals surface area contributed by atoms with E-state index in [9.17, 15) is 9.90 Å². The second kappa shape index (κ2) is 6.46. The lowest BCUT2D eigenvalue weighted by Gasteiger charge is -2.22. The van der Waals surface area contributed by atoms with Gasteiger partial charge in [-0.1, -0.05) is 0 Å². The lowest BCUT2D eigenvalue weighted by atomic mass is 9.96. The summed E-state index contributed by atoms with van der Waals surface area (Å²) in [5.41, 5.74) is 0.262. The zero-order valence-electron chi connectivity index (χ0n) is 13.1. The molecule has 0 bridgehead atoms. The van der Waals surface area contributed by atoms with Crippen LogP contribution in [0.1, 0.15) is 34.7 Å². The number of carbonyl (C=O) groups is 1. The van der Waals surface area contributed by atoms with Crippen LogP contribution >= 0.6 is 11.3 Å². The van der Waals surface area contributed by atoms with Crippen LogP contribution in [0.3, 0.4) is 0 Å². The summed E-state index contributed by atoms with van der Waals surface area (Å²) < 4.78 is 5.42. The first kappa shape index (κ1) is 16.5. The number of rotatable bonds is 5. The third-order valence-corrected chi connectivity index (χ3v) is 4.06. The van der Waals surface area contributed by atoms with Gasteiger partial charge in [0.1, 0.15) is 17.1 Å². The molecule has 0 aliphatic carbocycles. The van der Waals surface area contributed by atoms with E-state index in [1.54, 1.807) is 26.0 Å². The summed E-state index contributed by atoms with van der Waals surface area (Å²) >= 11 is 1.53. The van der Waals surface area contributed by atoms with Crippen molar-refractivity contribution in [3.8, 4) is 0 Å². The highest BCUT2D eigenvalue weighted by atomic mass is 32.1. The van der Waals surface area contributed by atoms with Crippen molar-refractivity contribution in [2.75, 3.05) is 6.54 Å². The lowest BCUT2D eigenvalue weighted by Crippen LogP contribution is -2.38. The first-order valence-corrected chi connectivity index (χ1v) is 7.84. The Morgan fingerprint density at radius 1 is 1.50 bits per heavy atom. The van der Waals surface area contributed by atoms with E-state index in [0.29, 0.717) is 11.3 Å². The van der Waals surface area contributed by atoms with Crippen molar-refractivity contribution in [1.82, 2.24) is 10.3 Å². The Balaban J connectivity index is 1.95. The number of hydrogen-bond acceptors (Lipinski definition) is 5. The van der Waals surface area contributed by atoms with Crippen LogP contribution in [0, 0.1) is 20.8 Å². The smallest absolute Gasteiger partial charge is 0.244 e. The van der Waals surface area contributed by atoms with Gasteiger partial charge in [0.15, 0.2) is 0 Å². The molecular formula is C16H20N2O3S. The number of nitrogens with one attached hydrogen (secondary N) is 1. The van der Waals surface area contributed by atoms with E-state index >= 15 is 0 Å². The standard InChI is InChI=1S/C16H20N2O3S/c1-10-7-14(11(2)21-10)16(4,20)9-17-15(19)6-5-13-8-22-12(3)18-13/h5-8,20H,9H2,1-4H3,(H,17,19)/b6-5+/t16-/m1/s1. The van der Waals surface area contributed by atoms with Gasteiger partial charge in [-0.25, -0.2) is 4.98 Å². The monoisotopic (exact) mass is 320 g/mol. The Labute approximate surface area is 133 Å². The molecule has 2 rings (SSSR count). The molecule has 22 heavy (non-hydrogen) atoms. The maximum absolute atomic E-state index is 11.8. The molecule has 1 amide bonds. The number of aliphatic hydroxyl groups is 1. The molecule has 0 radical (unpaired) electrons. The van der Waals surface area contributed by atoms with Crippen LogP contribution in [0.2, 0.25) is 0 Å². The second-order valence-corrected chi connectivity index (χ2v) is 6.51. The van der Waals surface area contributed by atoms with Crippen molar-refractivity contribution in [1.29, 1.82) is 0 Å². The first-order chi connectivity index (χ1) is 10.3. The van der Waals surface area contributed by atoms with Crippen LogP contribution in [0.15, 0.2) is 21.9 Å². The van der Waals surface area contributed by atoms with Crippen molar-refractivity contribution in [2.45, 2.75) is 33.3 Å². The highest BCUT2D eigenvalue weighted by molar-refractivity contribution is 7.09. The van der Waals surface area contributed by atoms with Crippen molar-refractivity contribution < 1.29 is 14.3 Å². The molecule has 0 fully saturated rings. The number of nitrogens with zero attached hydrogens (tertiary/aromatic N) is 1. The average Bonchev–Trinajstić information content (AvgIpc) is 3.00. The molecule has 5 nitrogen and oxygen atoms in total. The fraction of sp³-hybridized carbons (Fsp3) is 0.375. The van der Waals surface area contributed by atoms with Crippen molar-refractivity contribution in [3.63, 3.8) is 0 Å². The zero-order valence-corrected chi connectivity index (χ0v) is 14.0. The topological polar surface area (TPSA) is 75.4 Å². The van der Waals surface area contributed by atoms with Crippen LogP contribution in [-0.2, 0) is 10.4 Å². The number of hydrogen-bond donors (Lipinski definition) is 2. The Hall–Kier alpha value is -1.92. The first-order valence-electron chi connectivity index (χ1n) is 6.96. The Morgan fingerprint density at radius 3 is 2.77 bits per heavy atom.